The number of imidazole rings is 1. The molecule has 0 fully saturated rings. The molecule has 0 radical (unpaired) electrons. The average molecular weight is 373 g/mol. The maximum atomic E-state index is 12.4. The molecule has 0 aliphatic carbocycles. The number of nitrogens with zero attached hydrogens (tertiary/aromatic N) is 3. The Hall–Kier alpha value is -2.41. The number of aromatic nitrogens is 3. The van der Waals surface area contributed by atoms with Gasteiger partial charge in [0.1, 0.15) is 22.7 Å². The molecule has 0 saturated carbocycles. The van der Waals surface area contributed by atoms with E-state index in [1.54, 1.807) is 23.0 Å². The second kappa shape index (κ2) is 5.66. The Morgan fingerprint density at radius 1 is 1.35 bits per heavy atom. The molecule has 0 spiro atoms. The zero-order valence-corrected chi connectivity index (χ0v) is 13.7. The number of amides is 1. The molecule has 6 nitrogen and oxygen atoms in total. The molecule has 1 aromatic carbocycles. The van der Waals surface area contributed by atoms with Crippen molar-refractivity contribution in [1.29, 1.82) is 0 Å². The Morgan fingerprint density at radius 3 is 3.13 bits per heavy atom. The lowest BCUT2D eigenvalue weighted by Gasteiger charge is -2.25. The monoisotopic (exact) mass is 372 g/mol. The first-order valence-corrected chi connectivity index (χ1v) is 8.00. The van der Waals surface area contributed by atoms with Gasteiger partial charge < -0.3 is 14.5 Å². The molecule has 23 heavy (non-hydrogen) atoms. The highest BCUT2D eigenvalue weighted by Crippen LogP contribution is 2.24. The van der Waals surface area contributed by atoms with E-state index in [2.05, 4.69) is 31.2 Å². The minimum absolute atomic E-state index is 0.0629. The SMILES string of the molecule is O=C(N[C@H]1COc2ccccc2C1)c1cn2cc(Br)ncc2n1. The number of carbonyl (C=O) groups excluding carboxylic acids is 1. The van der Waals surface area contributed by atoms with Gasteiger partial charge in [0.15, 0.2) is 5.65 Å². The molecular formula is C16H13BrN4O2. The minimum Gasteiger partial charge on any atom is -0.491 e. The zero-order valence-electron chi connectivity index (χ0n) is 12.1. The number of nitrogens with one attached hydrogen (secondary N) is 1. The predicted octanol–water partition coefficient (Wildman–Crippen LogP) is 2.23. The first-order chi connectivity index (χ1) is 11.2. The lowest BCUT2D eigenvalue weighted by Crippen LogP contribution is -2.42. The van der Waals surface area contributed by atoms with E-state index in [4.69, 9.17) is 4.74 Å². The third-order valence-corrected chi connectivity index (χ3v) is 4.17. The number of benzene rings is 1. The van der Waals surface area contributed by atoms with Crippen molar-refractivity contribution in [3.05, 3.63) is 58.7 Å². The van der Waals surface area contributed by atoms with Gasteiger partial charge >= 0.3 is 0 Å². The average Bonchev–Trinajstić information content (AvgIpc) is 2.98. The minimum atomic E-state index is -0.210. The van der Waals surface area contributed by atoms with Crippen LogP contribution in [0.2, 0.25) is 0 Å². The molecule has 1 atom stereocenters. The topological polar surface area (TPSA) is 68.5 Å². The van der Waals surface area contributed by atoms with Crippen LogP contribution in [-0.2, 0) is 6.42 Å². The summed E-state index contributed by atoms with van der Waals surface area (Å²) in [5, 5.41) is 2.98. The van der Waals surface area contributed by atoms with Crippen molar-refractivity contribution < 1.29 is 9.53 Å². The summed E-state index contributed by atoms with van der Waals surface area (Å²) >= 11 is 3.30. The van der Waals surface area contributed by atoms with Crippen LogP contribution in [0.3, 0.4) is 0 Å². The number of fused-ring (bicyclic) bond motifs is 2. The molecule has 3 heterocycles. The number of para-hydroxylation sites is 1. The lowest BCUT2D eigenvalue weighted by molar-refractivity contribution is 0.0911. The van der Waals surface area contributed by atoms with Gasteiger partial charge in [0.05, 0.1) is 12.2 Å². The summed E-state index contributed by atoms with van der Waals surface area (Å²) in [6, 6.07) is 7.81. The van der Waals surface area contributed by atoms with Crippen molar-refractivity contribution >= 4 is 27.5 Å². The van der Waals surface area contributed by atoms with Crippen LogP contribution in [0.1, 0.15) is 16.1 Å². The highest BCUT2D eigenvalue weighted by atomic mass is 79.9. The zero-order chi connectivity index (χ0) is 15.8. The standard InChI is InChI=1S/C16H13BrN4O2/c17-14-8-21-7-12(20-15(21)6-18-14)16(22)19-11-5-10-3-1-2-4-13(10)23-9-11/h1-4,6-8,11H,5,9H2,(H,19,22)/t11-/m1/s1. The summed E-state index contributed by atoms with van der Waals surface area (Å²) < 4.78 is 8.14. The Balaban J connectivity index is 1.51. The molecule has 3 aromatic rings. The van der Waals surface area contributed by atoms with E-state index >= 15 is 0 Å². The normalized spacial score (nSPS) is 16.7. The number of rotatable bonds is 2. The summed E-state index contributed by atoms with van der Waals surface area (Å²) in [5.74, 6) is 0.680. The summed E-state index contributed by atoms with van der Waals surface area (Å²) in [5.41, 5.74) is 2.10. The van der Waals surface area contributed by atoms with E-state index < -0.39 is 0 Å². The fourth-order valence-electron chi connectivity index (χ4n) is 2.66. The van der Waals surface area contributed by atoms with Gasteiger partial charge in [0.25, 0.3) is 5.91 Å². The first-order valence-electron chi connectivity index (χ1n) is 7.21. The summed E-state index contributed by atoms with van der Waals surface area (Å²) in [6.45, 7) is 0.462. The van der Waals surface area contributed by atoms with Crippen LogP contribution in [-0.4, -0.2) is 32.9 Å². The predicted molar refractivity (Wildman–Crippen MR) is 87.6 cm³/mol. The van der Waals surface area contributed by atoms with Gasteiger partial charge in [-0.15, -0.1) is 0 Å². The van der Waals surface area contributed by atoms with Gasteiger partial charge in [-0.05, 0) is 34.0 Å². The van der Waals surface area contributed by atoms with Crippen molar-refractivity contribution in [2.45, 2.75) is 12.5 Å². The van der Waals surface area contributed by atoms with Gasteiger partial charge in [0.2, 0.25) is 0 Å². The van der Waals surface area contributed by atoms with Crippen LogP contribution >= 0.6 is 15.9 Å². The maximum absolute atomic E-state index is 12.4. The highest BCUT2D eigenvalue weighted by Gasteiger charge is 2.22. The van der Waals surface area contributed by atoms with Crippen molar-refractivity contribution in [2.75, 3.05) is 6.61 Å². The van der Waals surface area contributed by atoms with Gasteiger partial charge in [-0.1, -0.05) is 18.2 Å². The molecular weight excluding hydrogens is 360 g/mol. The molecule has 1 amide bonds. The van der Waals surface area contributed by atoms with Gasteiger partial charge in [-0.3, -0.25) is 4.79 Å². The lowest BCUT2D eigenvalue weighted by atomic mass is 10.0. The third kappa shape index (κ3) is 2.79. The third-order valence-electron chi connectivity index (χ3n) is 3.76. The maximum Gasteiger partial charge on any atom is 0.271 e. The second-order valence-corrected chi connectivity index (χ2v) is 6.21. The number of carbonyl (C=O) groups is 1. The van der Waals surface area contributed by atoms with Crippen molar-refractivity contribution in [3.8, 4) is 5.75 Å². The van der Waals surface area contributed by atoms with Crippen LogP contribution in [0.4, 0.5) is 0 Å². The molecule has 116 valence electrons. The molecule has 2 aromatic heterocycles. The molecule has 4 rings (SSSR count). The fourth-order valence-corrected chi connectivity index (χ4v) is 2.99. The Morgan fingerprint density at radius 2 is 2.22 bits per heavy atom. The largest absolute Gasteiger partial charge is 0.491 e. The van der Waals surface area contributed by atoms with Crippen LogP contribution in [0.25, 0.3) is 5.65 Å². The molecule has 1 aliphatic rings. The summed E-state index contributed by atoms with van der Waals surface area (Å²) in [4.78, 5) is 20.8. The van der Waals surface area contributed by atoms with E-state index in [0.717, 1.165) is 17.7 Å². The van der Waals surface area contributed by atoms with E-state index in [-0.39, 0.29) is 11.9 Å². The van der Waals surface area contributed by atoms with E-state index in [1.165, 1.54) is 0 Å². The quantitative estimate of drug-likeness (QED) is 0.748. The Labute approximate surface area is 140 Å². The van der Waals surface area contributed by atoms with Gasteiger partial charge in [-0.25, -0.2) is 9.97 Å². The number of hydrogen-bond donors (Lipinski definition) is 1. The van der Waals surface area contributed by atoms with E-state index in [0.29, 0.717) is 22.6 Å². The Kier molecular flexibility index (Phi) is 3.49. The van der Waals surface area contributed by atoms with Gasteiger partial charge in [0, 0.05) is 12.4 Å². The highest BCUT2D eigenvalue weighted by molar-refractivity contribution is 9.10. The molecule has 1 aliphatic heterocycles. The fraction of sp³-hybridized carbons (Fsp3) is 0.188. The van der Waals surface area contributed by atoms with Gasteiger partial charge in [-0.2, -0.15) is 0 Å². The van der Waals surface area contributed by atoms with Crippen LogP contribution in [0.5, 0.6) is 5.75 Å². The van der Waals surface area contributed by atoms with Crippen LogP contribution in [0, 0.1) is 0 Å². The first kappa shape index (κ1) is 14.2. The number of halogens is 1. The molecule has 0 saturated heterocycles. The summed E-state index contributed by atoms with van der Waals surface area (Å²) in [6.07, 6.45) is 5.82. The molecule has 0 bridgehead atoms. The Bertz CT molecular complexity index is 893. The molecule has 1 N–H and O–H groups in total. The second-order valence-electron chi connectivity index (χ2n) is 5.39. The number of hydrogen-bond acceptors (Lipinski definition) is 4. The summed E-state index contributed by atoms with van der Waals surface area (Å²) in [7, 11) is 0. The molecule has 7 heteroatoms. The van der Waals surface area contributed by atoms with Crippen LogP contribution in [0.15, 0.2) is 47.5 Å². The van der Waals surface area contributed by atoms with E-state index in [1.807, 2.05) is 24.3 Å². The van der Waals surface area contributed by atoms with E-state index in [9.17, 15) is 4.79 Å². The van der Waals surface area contributed by atoms with Crippen molar-refractivity contribution in [1.82, 2.24) is 19.7 Å². The molecule has 0 unspecified atom stereocenters. The van der Waals surface area contributed by atoms with Crippen molar-refractivity contribution in [3.63, 3.8) is 0 Å². The number of ether oxygens (including phenoxy) is 1. The van der Waals surface area contributed by atoms with Crippen molar-refractivity contribution in [2.24, 2.45) is 0 Å². The van der Waals surface area contributed by atoms with Crippen LogP contribution < -0.4 is 10.1 Å². The smallest absolute Gasteiger partial charge is 0.271 e.